The summed E-state index contributed by atoms with van der Waals surface area (Å²) in [5, 5.41) is 0. The van der Waals surface area contributed by atoms with Crippen LogP contribution in [0.15, 0.2) is 0 Å². The summed E-state index contributed by atoms with van der Waals surface area (Å²) >= 11 is 0. The van der Waals surface area contributed by atoms with Gasteiger partial charge in [0.1, 0.15) is 6.61 Å². The van der Waals surface area contributed by atoms with Crippen LogP contribution >= 0.6 is 0 Å². The van der Waals surface area contributed by atoms with E-state index in [2.05, 4.69) is 0 Å². The molecule has 0 aromatic carbocycles. The molecule has 78 valence electrons. The molecule has 1 rings (SSSR count). The van der Waals surface area contributed by atoms with Crippen LogP contribution in [0.2, 0.25) is 0 Å². The Labute approximate surface area is 77.4 Å². The number of alkyl halides is 2. The summed E-state index contributed by atoms with van der Waals surface area (Å²) in [5.41, 5.74) is 5.55. The molecule has 0 spiro atoms. The van der Waals surface area contributed by atoms with Gasteiger partial charge in [0, 0.05) is 6.61 Å². The molecule has 0 aliphatic heterocycles. The van der Waals surface area contributed by atoms with E-state index >= 15 is 0 Å². The molecule has 13 heavy (non-hydrogen) atoms. The lowest BCUT2D eigenvalue weighted by Gasteiger charge is -2.17. The smallest absolute Gasteiger partial charge is 0.261 e. The monoisotopic (exact) mass is 193 g/mol. The number of nitrogens with two attached hydrogens (primary N) is 1. The molecule has 1 aliphatic rings. The van der Waals surface area contributed by atoms with Gasteiger partial charge in [-0.1, -0.05) is 6.42 Å². The van der Waals surface area contributed by atoms with E-state index < -0.39 is 13.0 Å². The predicted molar refractivity (Wildman–Crippen MR) is 46.7 cm³/mol. The lowest BCUT2D eigenvalue weighted by Crippen LogP contribution is -2.23. The quantitative estimate of drug-likeness (QED) is 0.720. The summed E-state index contributed by atoms with van der Waals surface area (Å²) in [5.74, 6) is 0.890. The normalized spacial score (nSPS) is 28.6. The third kappa shape index (κ3) is 3.56. The van der Waals surface area contributed by atoms with E-state index in [1.54, 1.807) is 0 Å². The molecule has 0 amide bonds. The minimum Gasteiger partial charge on any atom is -0.375 e. The summed E-state index contributed by atoms with van der Waals surface area (Å²) in [4.78, 5) is 0. The molecule has 0 radical (unpaired) electrons. The Morgan fingerprint density at radius 1 is 1.31 bits per heavy atom. The highest BCUT2D eigenvalue weighted by molar-refractivity contribution is 4.77. The second-order valence-corrected chi connectivity index (χ2v) is 3.62. The van der Waals surface area contributed by atoms with Crippen LogP contribution in [0.5, 0.6) is 0 Å². The van der Waals surface area contributed by atoms with Gasteiger partial charge in [-0.3, -0.25) is 0 Å². The number of halogens is 2. The Morgan fingerprint density at radius 3 is 2.62 bits per heavy atom. The van der Waals surface area contributed by atoms with E-state index in [1.165, 1.54) is 0 Å². The van der Waals surface area contributed by atoms with Crippen molar-refractivity contribution in [2.45, 2.75) is 25.7 Å². The zero-order valence-corrected chi connectivity index (χ0v) is 7.72. The second kappa shape index (κ2) is 5.50. The van der Waals surface area contributed by atoms with Crippen molar-refractivity contribution in [2.24, 2.45) is 17.6 Å². The van der Waals surface area contributed by atoms with E-state index in [0.717, 1.165) is 19.3 Å². The van der Waals surface area contributed by atoms with Gasteiger partial charge in [-0.2, -0.15) is 0 Å². The molecular weight excluding hydrogens is 176 g/mol. The molecule has 1 aliphatic carbocycles. The Kier molecular flexibility index (Phi) is 4.59. The molecule has 0 saturated heterocycles. The predicted octanol–water partition coefficient (Wildman–Crippen LogP) is 1.64. The first-order valence-corrected chi connectivity index (χ1v) is 4.80. The molecule has 2 nitrogen and oxygen atoms in total. The fourth-order valence-electron chi connectivity index (χ4n) is 1.95. The molecule has 2 atom stereocenters. The molecule has 0 bridgehead atoms. The van der Waals surface area contributed by atoms with E-state index in [-0.39, 0.29) is 0 Å². The minimum absolute atomic E-state index is 0.406. The van der Waals surface area contributed by atoms with Gasteiger partial charge < -0.3 is 10.5 Å². The third-order valence-corrected chi connectivity index (χ3v) is 2.70. The van der Waals surface area contributed by atoms with Gasteiger partial charge in [0.05, 0.1) is 0 Å². The fraction of sp³-hybridized carbons (Fsp3) is 1.00. The standard InChI is InChI=1S/C9H17F2NO/c10-9(11)6-13-5-8-3-1-2-7(8)4-12/h7-9H,1-6,12H2. The number of hydrogen-bond acceptors (Lipinski definition) is 2. The maximum Gasteiger partial charge on any atom is 0.261 e. The zero-order valence-electron chi connectivity index (χ0n) is 7.72. The molecule has 4 heteroatoms. The van der Waals surface area contributed by atoms with Gasteiger partial charge in [-0.25, -0.2) is 8.78 Å². The zero-order chi connectivity index (χ0) is 9.68. The average Bonchev–Trinajstić information content (AvgIpc) is 2.51. The van der Waals surface area contributed by atoms with Gasteiger partial charge in [-0.05, 0) is 31.2 Å². The van der Waals surface area contributed by atoms with Crippen LogP contribution in [0.25, 0.3) is 0 Å². The molecule has 2 N–H and O–H groups in total. The van der Waals surface area contributed by atoms with Crippen LogP contribution in [0, 0.1) is 11.8 Å². The van der Waals surface area contributed by atoms with Gasteiger partial charge in [-0.15, -0.1) is 0 Å². The highest BCUT2D eigenvalue weighted by Crippen LogP contribution is 2.30. The summed E-state index contributed by atoms with van der Waals surface area (Å²) in [6.07, 6.45) is 1.01. The van der Waals surface area contributed by atoms with Crippen molar-refractivity contribution in [3.8, 4) is 0 Å². The summed E-state index contributed by atoms with van der Waals surface area (Å²) < 4.78 is 28.4. The fourth-order valence-corrected chi connectivity index (χ4v) is 1.95. The van der Waals surface area contributed by atoms with E-state index in [9.17, 15) is 8.78 Å². The van der Waals surface area contributed by atoms with Crippen molar-refractivity contribution < 1.29 is 13.5 Å². The van der Waals surface area contributed by atoms with Crippen LogP contribution in [-0.4, -0.2) is 26.2 Å². The summed E-state index contributed by atoms with van der Waals surface area (Å²) in [6.45, 7) is 0.669. The first kappa shape index (κ1) is 10.9. The molecule has 0 aromatic rings. The van der Waals surface area contributed by atoms with Crippen molar-refractivity contribution in [1.82, 2.24) is 0 Å². The Hall–Kier alpha value is -0.220. The number of ether oxygens (including phenoxy) is 1. The molecule has 0 aromatic heterocycles. The van der Waals surface area contributed by atoms with Gasteiger partial charge in [0.15, 0.2) is 0 Å². The number of rotatable bonds is 5. The van der Waals surface area contributed by atoms with Crippen LogP contribution in [-0.2, 0) is 4.74 Å². The Morgan fingerprint density at radius 2 is 2.00 bits per heavy atom. The average molecular weight is 193 g/mol. The second-order valence-electron chi connectivity index (χ2n) is 3.62. The third-order valence-electron chi connectivity index (χ3n) is 2.70. The lowest BCUT2D eigenvalue weighted by atomic mass is 9.97. The largest absolute Gasteiger partial charge is 0.375 e. The van der Waals surface area contributed by atoms with Crippen LogP contribution in [0.1, 0.15) is 19.3 Å². The highest BCUT2D eigenvalue weighted by Gasteiger charge is 2.26. The van der Waals surface area contributed by atoms with Gasteiger partial charge in [0.2, 0.25) is 0 Å². The molecule has 1 fully saturated rings. The molecular formula is C9H17F2NO. The molecule has 0 heterocycles. The lowest BCUT2D eigenvalue weighted by molar-refractivity contribution is -0.000497. The first-order valence-electron chi connectivity index (χ1n) is 4.80. The summed E-state index contributed by atoms with van der Waals surface area (Å²) in [6, 6.07) is 0. The van der Waals surface area contributed by atoms with Crippen molar-refractivity contribution in [1.29, 1.82) is 0 Å². The SMILES string of the molecule is NCC1CCCC1COCC(F)F. The van der Waals surface area contributed by atoms with Crippen LogP contribution in [0.3, 0.4) is 0 Å². The van der Waals surface area contributed by atoms with Crippen molar-refractivity contribution in [3.63, 3.8) is 0 Å². The Bertz CT molecular complexity index is 144. The van der Waals surface area contributed by atoms with Crippen LogP contribution < -0.4 is 5.73 Å². The van der Waals surface area contributed by atoms with E-state index in [0.29, 0.717) is 25.0 Å². The van der Waals surface area contributed by atoms with E-state index in [1.807, 2.05) is 0 Å². The topological polar surface area (TPSA) is 35.2 Å². The van der Waals surface area contributed by atoms with E-state index in [4.69, 9.17) is 10.5 Å². The Balaban J connectivity index is 2.13. The highest BCUT2D eigenvalue weighted by atomic mass is 19.3. The summed E-state index contributed by atoms with van der Waals surface area (Å²) in [7, 11) is 0. The van der Waals surface area contributed by atoms with Crippen molar-refractivity contribution >= 4 is 0 Å². The first-order chi connectivity index (χ1) is 6.24. The maximum atomic E-state index is 11.7. The molecule has 2 unspecified atom stereocenters. The van der Waals surface area contributed by atoms with Crippen molar-refractivity contribution in [3.05, 3.63) is 0 Å². The van der Waals surface area contributed by atoms with Gasteiger partial charge >= 0.3 is 0 Å². The van der Waals surface area contributed by atoms with Crippen molar-refractivity contribution in [2.75, 3.05) is 19.8 Å². The van der Waals surface area contributed by atoms with Gasteiger partial charge in [0.25, 0.3) is 6.43 Å². The number of hydrogen-bond donors (Lipinski definition) is 1. The minimum atomic E-state index is -2.35. The van der Waals surface area contributed by atoms with Crippen LogP contribution in [0.4, 0.5) is 8.78 Å². The maximum absolute atomic E-state index is 11.7. The molecule has 1 saturated carbocycles.